The summed E-state index contributed by atoms with van der Waals surface area (Å²) < 4.78 is 39.1. The maximum atomic E-state index is 12.6. The molecule has 6 heteroatoms. The van der Waals surface area contributed by atoms with Crippen LogP contribution in [0, 0.1) is 5.92 Å². The molecule has 0 bridgehead atoms. The van der Waals surface area contributed by atoms with Crippen LogP contribution in [0.25, 0.3) is 10.2 Å². The van der Waals surface area contributed by atoms with Gasteiger partial charge in [-0.25, -0.2) is 4.98 Å². The van der Waals surface area contributed by atoms with E-state index in [0.717, 1.165) is 49.4 Å². The highest BCUT2D eigenvalue weighted by Crippen LogP contribution is 2.30. The fraction of sp³-hybridized carbons (Fsp3) is 0.480. The number of aryl methyl sites for hydroxylation is 1. The maximum absolute atomic E-state index is 12.6. The monoisotopic (exact) mass is 446 g/mol. The van der Waals surface area contributed by atoms with Crippen LogP contribution in [-0.2, 0) is 12.6 Å². The van der Waals surface area contributed by atoms with E-state index in [9.17, 15) is 13.2 Å². The number of rotatable bonds is 8. The number of piperidine rings is 1. The fourth-order valence-electron chi connectivity index (χ4n) is 4.50. The Bertz CT molecular complexity index is 957. The zero-order chi connectivity index (χ0) is 21.7. The van der Waals surface area contributed by atoms with Crippen LogP contribution in [0.15, 0.2) is 48.0 Å². The van der Waals surface area contributed by atoms with Crippen molar-refractivity contribution in [1.82, 2.24) is 4.98 Å². The summed E-state index contributed by atoms with van der Waals surface area (Å²) in [7, 11) is 0. The topological polar surface area (TPSA) is 16.1 Å². The van der Waals surface area contributed by atoms with E-state index in [4.69, 9.17) is 0 Å². The van der Waals surface area contributed by atoms with Crippen LogP contribution in [0.3, 0.4) is 0 Å². The average molecular weight is 447 g/mol. The first-order valence-corrected chi connectivity index (χ1v) is 12.1. The molecule has 4 rings (SSSR count). The second-order valence-electron chi connectivity index (χ2n) is 8.58. The van der Waals surface area contributed by atoms with E-state index in [1.165, 1.54) is 54.6 Å². The molecule has 0 amide bonds. The number of thiazole rings is 1. The molecule has 2 aromatic carbocycles. The highest BCUT2D eigenvalue weighted by atomic mass is 32.1. The van der Waals surface area contributed by atoms with Gasteiger partial charge in [0.2, 0.25) is 0 Å². The Morgan fingerprint density at radius 1 is 0.935 bits per heavy atom. The van der Waals surface area contributed by atoms with Gasteiger partial charge in [-0.3, -0.25) is 0 Å². The number of nitrogens with zero attached hydrogens (tertiary/aromatic N) is 2. The van der Waals surface area contributed by atoms with E-state index in [0.29, 0.717) is 0 Å². The summed E-state index contributed by atoms with van der Waals surface area (Å²) in [6.45, 7) is 2.24. The zero-order valence-corrected chi connectivity index (χ0v) is 18.5. The second kappa shape index (κ2) is 10.0. The normalized spacial score (nSPS) is 15.6. The molecule has 0 N–H and O–H groups in total. The minimum absolute atomic E-state index is 0.564. The number of halogens is 3. The Morgan fingerprint density at radius 2 is 1.68 bits per heavy atom. The van der Waals surface area contributed by atoms with Gasteiger partial charge in [-0.1, -0.05) is 37.8 Å². The molecule has 0 atom stereocenters. The largest absolute Gasteiger partial charge is 0.416 e. The van der Waals surface area contributed by atoms with Crippen molar-refractivity contribution in [3.63, 3.8) is 0 Å². The maximum Gasteiger partial charge on any atom is 0.416 e. The molecule has 31 heavy (non-hydrogen) atoms. The van der Waals surface area contributed by atoms with Crippen molar-refractivity contribution >= 4 is 27.2 Å². The Hall–Kier alpha value is -2.08. The minimum Gasteiger partial charge on any atom is -0.371 e. The van der Waals surface area contributed by atoms with Crippen molar-refractivity contribution in [1.29, 1.82) is 0 Å². The van der Waals surface area contributed by atoms with Crippen molar-refractivity contribution < 1.29 is 13.2 Å². The molecule has 0 spiro atoms. The average Bonchev–Trinajstić information content (AvgIpc) is 3.24. The first-order valence-electron chi connectivity index (χ1n) is 11.2. The van der Waals surface area contributed by atoms with Crippen LogP contribution >= 0.6 is 11.3 Å². The standard InChI is InChI=1S/C25H29F3N2S/c26-25(27,28)21-9-7-19(8-10-21)5-3-1-2-4-6-20-13-15-30(16-14-20)22-11-12-24-23(17-22)29-18-31-24/h7-12,17-18,20H,1-6,13-16H2. The van der Waals surface area contributed by atoms with E-state index in [-0.39, 0.29) is 0 Å². The first-order chi connectivity index (χ1) is 15.0. The Balaban J connectivity index is 1.10. The van der Waals surface area contributed by atoms with Gasteiger partial charge in [0, 0.05) is 18.8 Å². The summed E-state index contributed by atoms with van der Waals surface area (Å²) >= 11 is 1.69. The van der Waals surface area contributed by atoms with Gasteiger partial charge in [0.25, 0.3) is 0 Å². The summed E-state index contributed by atoms with van der Waals surface area (Å²) in [5.41, 5.74) is 4.73. The molecule has 166 valence electrons. The third-order valence-corrected chi connectivity index (χ3v) is 7.21. The molecule has 0 unspecified atom stereocenters. The lowest BCUT2D eigenvalue weighted by atomic mass is 9.90. The quantitative estimate of drug-likeness (QED) is 0.329. The summed E-state index contributed by atoms with van der Waals surface area (Å²) in [5, 5.41) is 0. The smallest absolute Gasteiger partial charge is 0.371 e. The van der Waals surface area contributed by atoms with E-state index < -0.39 is 11.7 Å². The minimum atomic E-state index is -4.25. The highest BCUT2D eigenvalue weighted by Gasteiger charge is 2.29. The van der Waals surface area contributed by atoms with Gasteiger partial charge in [-0.2, -0.15) is 13.2 Å². The Kier molecular flexibility index (Phi) is 7.16. The predicted molar refractivity (Wildman–Crippen MR) is 123 cm³/mol. The number of fused-ring (bicyclic) bond motifs is 1. The van der Waals surface area contributed by atoms with Gasteiger partial charge >= 0.3 is 6.18 Å². The molecule has 2 heterocycles. The highest BCUT2D eigenvalue weighted by molar-refractivity contribution is 7.16. The zero-order valence-electron chi connectivity index (χ0n) is 17.7. The van der Waals surface area contributed by atoms with Crippen molar-refractivity contribution in [3.8, 4) is 0 Å². The number of alkyl halides is 3. The van der Waals surface area contributed by atoms with Gasteiger partial charge in [0.1, 0.15) is 0 Å². The van der Waals surface area contributed by atoms with Crippen LogP contribution in [0.4, 0.5) is 18.9 Å². The van der Waals surface area contributed by atoms with E-state index >= 15 is 0 Å². The van der Waals surface area contributed by atoms with E-state index in [1.54, 1.807) is 23.5 Å². The van der Waals surface area contributed by atoms with Crippen LogP contribution in [-0.4, -0.2) is 18.1 Å². The number of benzene rings is 2. The molecule has 1 fully saturated rings. The van der Waals surface area contributed by atoms with Crippen LogP contribution in [0.2, 0.25) is 0 Å². The van der Waals surface area contributed by atoms with Gasteiger partial charge in [-0.15, -0.1) is 11.3 Å². The summed E-state index contributed by atoms with van der Waals surface area (Å²) in [4.78, 5) is 6.92. The number of hydrogen-bond donors (Lipinski definition) is 0. The number of unbranched alkanes of at least 4 members (excludes halogenated alkanes) is 3. The number of hydrogen-bond acceptors (Lipinski definition) is 3. The third-order valence-electron chi connectivity index (χ3n) is 6.40. The van der Waals surface area contributed by atoms with Gasteiger partial charge in [0.05, 0.1) is 21.3 Å². The molecule has 0 radical (unpaired) electrons. The summed E-state index contributed by atoms with van der Waals surface area (Å²) in [6.07, 6.45) is 5.06. The molecule has 2 nitrogen and oxygen atoms in total. The van der Waals surface area contributed by atoms with Crippen molar-refractivity contribution in [3.05, 3.63) is 59.1 Å². The molecular weight excluding hydrogens is 417 g/mol. The third kappa shape index (κ3) is 6.00. The van der Waals surface area contributed by atoms with Crippen LogP contribution in [0.5, 0.6) is 0 Å². The molecule has 0 aliphatic carbocycles. The van der Waals surface area contributed by atoms with Crippen molar-refractivity contribution in [2.45, 2.75) is 57.5 Å². The van der Waals surface area contributed by atoms with Crippen molar-refractivity contribution in [2.75, 3.05) is 18.0 Å². The molecule has 1 saturated heterocycles. The number of anilines is 1. The molecule has 0 saturated carbocycles. The Labute approximate surface area is 186 Å². The molecule has 3 aromatic rings. The summed E-state index contributed by atoms with van der Waals surface area (Å²) in [5.74, 6) is 0.814. The predicted octanol–water partition coefficient (Wildman–Crippen LogP) is 7.72. The van der Waals surface area contributed by atoms with Gasteiger partial charge in [-0.05, 0) is 67.5 Å². The molecule has 1 aromatic heterocycles. The van der Waals surface area contributed by atoms with Crippen LogP contribution < -0.4 is 4.90 Å². The van der Waals surface area contributed by atoms with Crippen LogP contribution in [0.1, 0.15) is 56.1 Å². The molecule has 1 aliphatic heterocycles. The van der Waals surface area contributed by atoms with E-state index in [1.807, 2.05) is 5.51 Å². The number of aromatic nitrogens is 1. The second-order valence-corrected chi connectivity index (χ2v) is 9.47. The summed E-state index contributed by atoms with van der Waals surface area (Å²) in [6, 6.07) is 12.2. The SMILES string of the molecule is FC(F)(F)c1ccc(CCCCCCC2CCN(c3ccc4scnc4c3)CC2)cc1. The molecular formula is C25H29F3N2S. The lowest BCUT2D eigenvalue weighted by Gasteiger charge is -2.33. The van der Waals surface area contributed by atoms with Gasteiger partial charge in [0.15, 0.2) is 0 Å². The van der Waals surface area contributed by atoms with Crippen molar-refractivity contribution in [2.24, 2.45) is 5.92 Å². The van der Waals surface area contributed by atoms with Gasteiger partial charge < -0.3 is 4.90 Å². The molecule has 1 aliphatic rings. The van der Waals surface area contributed by atoms with E-state index in [2.05, 4.69) is 28.1 Å². The first kappa shape index (κ1) is 22.1. The lowest BCUT2D eigenvalue weighted by molar-refractivity contribution is -0.137. The fourth-order valence-corrected chi connectivity index (χ4v) is 5.16. The lowest BCUT2D eigenvalue weighted by Crippen LogP contribution is -2.33. The Morgan fingerprint density at radius 3 is 2.42 bits per heavy atom.